The lowest BCUT2D eigenvalue weighted by Gasteiger charge is -2.31. The zero-order valence-corrected chi connectivity index (χ0v) is 13.8. The molecule has 22 heavy (non-hydrogen) atoms. The molecule has 0 amide bonds. The molecule has 0 bridgehead atoms. The first-order chi connectivity index (χ1) is 10.7. The Morgan fingerprint density at radius 2 is 2.41 bits per heavy atom. The fourth-order valence-corrected chi connectivity index (χ4v) is 3.74. The van der Waals surface area contributed by atoms with Gasteiger partial charge in [-0.2, -0.15) is 0 Å². The van der Waals surface area contributed by atoms with Gasteiger partial charge in [-0.15, -0.1) is 23.0 Å². The molecular formula is C15H21N5OS. The number of nitrogens with zero attached hydrogens (tertiary/aromatic N) is 5. The van der Waals surface area contributed by atoms with Crippen molar-refractivity contribution >= 4 is 11.3 Å². The Labute approximate surface area is 134 Å². The second-order valence-corrected chi connectivity index (χ2v) is 6.54. The summed E-state index contributed by atoms with van der Waals surface area (Å²) in [4.78, 5) is 8.05. The lowest BCUT2D eigenvalue weighted by Crippen LogP contribution is -2.36. The molecule has 0 radical (unpaired) electrons. The third-order valence-electron chi connectivity index (χ3n) is 3.95. The summed E-state index contributed by atoms with van der Waals surface area (Å²) in [5.74, 6) is 0.289. The van der Waals surface area contributed by atoms with E-state index in [0.717, 1.165) is 31.0 Å². The molecule has 0 fully saturated rings. The molecule has 1 aliphatic heterocycles. The number of ether oxygens (including phenoxy) is 1. The Kier molecular flexibility index (Phi) is 4.66. The molecule has 1 aliphatic rings. The Hall–Kier alpha value is -1.57. The Morgan fingerprint density at radius 3 is 3.14 bits per heavy atom. The predicted octanol–water partition coefficient (Wildman–Crippen LogP) is 1.88. The highest BCUT2D eigenvalue weighted by Gasteiger charge is 2.30. The van der Waals surface area contributed by atoms with Crippen LogP contribution in [0.2, 0.25) is 0 Å². The summed E-state index contributed by atoms with van der Waals surface area (Å²) in [6.45, 7) is 9.69. The van der Waals surface area contributed by atoms with Crippen LogP contribution in [0.15, 0.2) is 18.2 Å². The SMILES string of the molecule is C=CCOC[C@@H]1CN(Cc2scnc2C)Cc2nnn(C)c21. The number of rotatable bonds is 6. The van der Waals surface area contributed by atoms with E-state index in [1.807, 2.05) is 17.2 Å². The maximum atomic E-state index is 5.69. The summed E-state index contributed by atoms with van der Waals surface area (Å²) in [6, 6.07) is 0. The normalized spacial score (nSPS) is 18.4. The molecule has 0 saturated heterocycles. The van der Waals surface area contributed by atoms with Crippen LogP contribution in [0.4, 0.5) is 0 Å². The van der Waals surface area contributed by atoms with E-state index in [0.29, 0.717) is 13.2 Å². The van der Waals surface area contributed by atoms with E-state index in [4.69, 9.17) is 4.74 Å². The van der Waals surface area contributed by atoms with Gasteiger partial charge in [0.15, 0.2) is 0 Å². The molecule has 1 atom stereocenters. The summed E-state index contributed by atoms with van der Waals surface area (Å²) in [6.07, 6.45) is 1.78. The lowest BCUT2D eigenvalue weighted by molar-refractivity contribution is 0.112. The molecule has 0 aliphatic carbocycles. The summed E-state index contributed by atoms with van der Waals surface area (Å²) in [5.41, 5.74) is 5.28. The van der Waals surface area contributed by atoms with Crippen molar-refractivity contribution in [3.05, 3.63) is 40.1 Å². The van der Waals surface area contributed by atoms with Gasteiger partial charge >= 0.3 is 0 Å². The maximum Gasteiger partial charge on any atom is 0.100 e. The monoisotopic (exact) mass is 319 g/mol. The van der Waals surface area contributed by atoms with Gasteiger partial charge in [-0.1, -0.05) is 11.3 Å². The Balaban J connectivity index is 1.76. The summed E-state index contributed by atoms with van der Waals surface area (Å²) >= 11 is 1.71. The highest BCUT2D eigenvalue weighted by atomic mass is 32.1. The van der Waals surface area contributed by atoms with Crippen LogP contribution >= 0.6 is 11.3 Å². The van der Waals surface area contributed by atoms with Gasteiger partial charge in [-0.05, 0) is 6.92 Å². The van der Waals surface area contributed by atoms with Crippen molar-refractivity contribution in [2.75, 3.05) is 19.8 Å². The van der Waals surface area contributed by atoms with E-state index in [2.05, 4.69) is 33.7 Å². The van der Waals surface area contributed by atoms with Crippen LogP contribution in [0.5, 0.6) is 0 Å². The third kappa shape index (κ3) is 3.11. The first-order valence-corrected chi connectivity index (χ1v) is 8.25. The van der Waals surface area contributed by atoms with Crippen molar-refractivity contribution < 1.29 is 4.74 Å². The number of aryl methyl sites for hydroxylation is 2. The maximum absolute atomic E-state index is 5.69. The Bertz CT molecular complexity index is 650. The average molecular weight is 319 g/mol. The molecule has 118 valence electrons. The van der Waals surface area contributed by atoms with Gasteiger partial charge in [0.1, 0.15) is 5.69 Å². The molecule has 0 aromatic carbocycles. The van der Waals surface area contributed by atoms with Crippen LogP contribution in [0.3, 0.4) is 0 Å². The van der Waals surface area contributed by atoms with Gasteiger partial charge < -0.3 is 4.74 Å². The molecule has 0 N–H and O–H groups in total. The number of hydrogen-bond acceptors (Lipinski definition) is 6. The summed E-state index contributed by atoms with van der Waals surface area (Å²) < 4.78 is 7.57. The van der Waals surface area contributed by atoms with Crippen molar-refractivity contribution in [3.8, 4) is 0 Å². The second kappa shape index (κ2) is 6.68. The standard InChI is InChI=1S/C15H21N5OS/c1-4-5-21-9-12-6-20(8-14-11(2)16-10-22-14)7-13-15(12)19(3)18-17-13/h4,10,12H,1,5-9H2,2-3H3/t12-/m0/s1. The fourth-order valence-electron chi connectivity index (χ4n) is 2.92. The predicted molar refractivity (Wildman–Crippen MR) is 85.7 cm³/mol. The van der Waals surface area contributed by atoms with Gasteiger partial charge in [-0.25, -0.2) is 4.98 Å². The molecule has 0 unspecified atom stereocenters. The van der Waals surface area contributed by atoms with E-state index in [1.54, 1.807) is 17.4 Å². The summed E-state index contributed by atoms with van der Waals surface area (Å²) in [5, 5.41) is 8.50. The molecular weight excluding hydrogens is 298 g/mol. The topological polar surface area (TPSA) is 56.1 Å². The zero-order valence-electron chi connectivity index (χ0n) is 13.0. The molecule has 2 aromatic rings. The average Bonchev–Trinajstić information content (AvgIpc) is 3.06. The quantitative estimate of drug-likeness (QED) is 0.601. The Morgan fingerprint density at radius 1 is 1.55 bits per heavy atom. The number of thiazole rings is 1. The number of fused-ring (bicyclic) bond motifs is 1. The van der Waals surface area contributed by atoms with E-state index < -0.39 is 0 Å². The minimum absolute atomic E-state index is 0.289. The molecule has 6 nitrogen and oxygen atoms in total. The molecule has 3 rings (SSSR count). The van der Waals surface area contributed by atoms with Gasteiger partial charge in [0.2, 0.25) is 0 Å². The molecule has 2 aromatic heterocycles. The number of aromatic nitrogens is 4. The van der Waals surface area contributed by atoms with Crippen LogP contribution in [0.25, 0.3) is 0 Å². The van der Waals surface area contributed by atoms with Crippen LogP contribution < -0.4 is 0 Å². The molecule has 3 heterocycles. The van der Waals surface area contributed by atoms with Crippen LogP contribution in [0, 0.1) is 6.92 Å². The van der Waals surface area contributed by atoms with Crippen molar-refractivity contribution in [2.24, 2.45) is 7.05 Å². The van der Waals surface area contributed by atoms with Crippen molar-refractivity contribution in [1.82, 2.24) is 24.9 Å². The van der Waals surface area contributed by atoms with E-state index in [9.17, 15) is 0 Å². The van der Waals surface area contributed by atoms with Crippen LogP contribution in [-0.4, -0.2) is 44.6 Å². The highest BCUT2D eigenvalue weighted by molar-refractivity contribution is 7.09. The van der Waals surface area contributed by atoms with Crippen LogP contribution in [0.1, 0.15) is 27.9 Å². The van der Waals surface area contributed by atoms with E-state index >= 15 is 0 Å². The van der Waals surface area contributed by atoms with Crippen molar-refractivity contribution in [1.29, 1.82) is 0 Å². The van der Waals surface area contributed by atoms with Gasteiger partial charge in [0, 0.05) is 37.5 Å². The van der Waals surface area contributed by atoms with Crippen molar-refractivity contribution in [3.63, 3.8) is 0 Å². The largest absolute Gasteiger partial charge is 0.377 e. The first-order valence-electron chi connectivity index (χ1n) is 7.37. The molecule has 7 heteroatoms. The minimum atomic E-state index is 0.289. The molecule has 0 spiro atoms. The highest BCUT2D eigenvalue weighted by Crippen LogP contribution is 2.28. The van der Waals surface area contributed by atoms with Gasteiger partial charge in [0.25, 0.3) is 0 Å². The fraction of sp³-hybridized carbons (Fsp3) is 0.533. The van der Waals surface area contributed by atoms with Gasteiger partial charge in [-0.3, -0.25) is 9.58 Å². The zero-order chi connectivity index (χ0) is 15.5. The van der Waals surface area contributed by atoms with E-state index in [1.165, 1.54) is 10.6 Å². The van der Waals surface area contributed by atoms with E-state index in [-0.39, 0.29) is 5.92 Å². The lowest BCUT2D eigenvalue weighted by atomic mass is 9.99. The van der Waals surface area contributed by atoms with Gasteiger partial charge in [0.05, 0.1) is 30.1 Å². The minimum Gasteiger partial charge on any atom is -0.377 e. The smallest absolute Gasteiger partial charge is 0.100 e. The summed E-state index contributed by atoms with van der Waals surface area (Å²) in [7, 11) is 1.95. The second-order valence-electron chi connectivity index (χ2n) is 5.60. The van der Waals surface area contributed by atoms with Crippen LogP contribution in [-0.2, 0) is 24.9 Å². The molecule has 0 saturated carbocycles. The first kappa shape index (κ1) is 15.3. The number of hydrogen-bond donors (Lipinski definition) is 0. The third-order valence-corrected chi connectivity index (χ3v) is 4.87. The van der Waals surface area contributed by atoms with Crippen molar-refractivity contribution in [2.45, 2.75) is 25.9 Å².